The van der Waals surface area contributed by atoms with Crippen molar-refractivity contribution in [2.45, 2.75) is 41.3 Å². The summed E-state index contributed by atoms with van der Waals surface area (Å²) in [6, 6.07) is 12.2. The Morgan fingerprint density at radius 2 is 1.92 bits per heavy atom. The van der Waals surface area contributed by atoms with Gasteiger partial charge in [0.25, 0.3) is 5.91 Å². The Bertz CT molecular complexity index is 774. The maximum atomic E-state index is 12.7. The van der Waals surface area contributed by atoms with E-state index in [9.17, 15) is 4.79 Å². The first-order valence-corrected chi connectivity index (χ1v) is 9.70. The molecule has 0 spiro atoms. The van der Waals surface area contributed by atoms with Crippen molar-refractivity contribution in [3.63, 3.8) is 0 Å². The number of aromatic nitrogens is 2. The maximum absolute atomic E-state index is 12.7. The van der Waals surface area contributed by atoms with Crippen LogP contribution in [0.4, 0.5) is 0 Å². The van der Waals surface area contributed by atoms with Gasteiger partial charge in [0, 0.05) is 30.1 Å². The summed E-state index contributed by atoms with van der Waals surface area (Å²) in [5.41, 5.74) is 0.404. The minimum Gasteiger partial charge on any atom is -0.336 e. The van der Waals surface area contributed by atoms with Crippen molar-refractivity contribution in [1.82, 2.24) is 20.4 Å². The van der Waals surface area contributed by atoms with Crippen LogP contribution in [0.3, 0.4) is 0 Å². The number of nitrogens with zero attached hydrogens (tertiary/aromatic N) is 3. The van der Waals surface area contributed by atoms with Crippen molar-refractivity contribution >= 4 is 41.7 Å². The first kappa shape index (κ1) is 19.4. The van der Waals surface area contributed by atoms with Gasteiger partial charge in [-0.05, 0) is 43.5 Å². The fraction of sp³-hybridized carbons (Fsp3) is 0.389. The van der Waals surface area contributed by atoms with E-state index >= 15 is 0 Å². The van der Waals surface area contributed by atoms with Crippen LogP contribution >= 0.6 is 35.8 Å². The summed E-state index contributed by atoms with van der Waals surface area (Å²) in [5.74, 6) is -0.0313. The van der Waals surface area contributed by atoms with Crippen LogP contribution in [0.2, 0.25) is 5.02 Å². The number of benzene rings is 1. The molecule has 4 rings (SSSR count). The molecule has 2 aliphatic rings. The Morgan fingerprint density at radius 3 is 2.69 bits per heavy atom. The zero-order chi connectivity index (χ0) is 17.2. The van der Waals surface area contributed by atoms with Crippen LogP contribution in [0.5, 0.6) is 0 Å². The van der Waals surface area contributed by atoms with E-state index in [2.05, 4.69) is 15.5 Å². The zero-order valence-corrected chi connectivity index (χ0v) is 16.5. The second-order valence-corrected chi connectivity index (χ2v) is 7.94. The molecule has 1 aromatic carbocycles. The van der Waals surface area contributed by atoms with Crippen LogP contribution < -0.4 is 5.32 Å². The molecule has 1 amide bonds. The molecule has 0 radical (unpaired) electrons. The Labute approximate surface area is 168 Å². The van der Waals surface area contributed by atoms with E-state index in [1.165, 1.54) is 18.2 Å². The van der Waals surface area contributed by atoms with Gasteiger partial charge in [0.2, 0.25) is 0 Å². The van der Waals surface area contributed by atoms with Crippen LogP contribution in [0.1, 0.15) is 29.8 Å². The third kappa shape index (κ3) is 4.31. The highest BCUT2D eigenvalue weighted by Gasteiger charge is 2.31. The molecule has 2 fully saturated rings. The third-order valence-corrected chi connectivity index (χ3v) is 6.17. The first-order chi connectivity index (χ1) is 12.2. The lowest BCUT2D eigenvalue weighted by Crippen LogP contribution is -2.39. The molecule has 1 N–H and O–H groups in total. The molecular weight excluding hydrogens is 391 g/mol. The number of rotatable bonds is 3. The van der Waals surface area contributed by atoms with Gasteiger partial charge in [-0.2, -0.15) is 0 Å². The maximum Gasteiger partial charge on any atom is 0.274 e. The Hall–Kier alpha value is -1.34. The van der Waals surface area contributed by atoms with Gasteiger partial charge in [-0.3, -0.25) is 4.79 Å². The number of amides is 1. The number of hydrogen-bond acceptors (Lipinski definition) is 5. The summed E-state index contributed by atoms with van der Waals surface area (Å²) < 4.78 is 0. The minimum absolute atomic E-state index is 0. The van der Waals surface area contributed by atoms with Crippen molar-refractivity contribution in [3.8, 4) is 0 Å². The molecule has 2 atom stereocenters. The largest absolute Gasteiger partial charge is 0.336 e. The molecule has 2 bridgehead atoms. The lowest BCUT2D eigenvalue weighted by molar-refractivity contribution is 0.0740. The van der Waals surface area contributed by atoms with E-state index in [0.717, 1.165) is 35.9 Å². The lowest BCUT2D eigenvalue weighted by atomic mass is 10.1. The Balaban J connectivity index is 0.00000196. The quantitative estimate of drug-likeness (QED) is 0.835. The van der Waals surface area contributed by atoms with Crippen molar-refractivity contribution in [2.24, 2.45) is 0 Å². The van der Waals surface area contributed by atoms with Gasteiger partial charge in [-0.1, -0.05) is 35.5 Å². The van der Waals surface area contributed by atoms with E-state index in [1.807, 2.05) is 35.2 Å². The molecule has 1 aromatic heterocycles. The van der Waals surface area contributed by atoms with Gasteiger partial charge in [0.1, 0.15) is 5.03 Å². The first-order valence-electron chi connectivity index (χ1n) is 8.50. The fourth-order valence-corrected chi connectivity index (χ4v) is 4.42. The molecule has 8 heteroatoms. The highest BCUT2D eigenvalue weighted by Crippen LogP contribution is 2.31. The average molecular weight is 411 g/mol. The predicted molar refractivity (Wildman–Crippen MR) is 105 cm³/mol. The second kappa shape index (κ2) is 8.57. The van der Waals surface area contributed by atoms with E-state index in [0.29, 0.717) is 22.8 Å². The molecule has 2 saturated heterocycles. The summed E-state index contributed by atoms with van der Waals surface area (Å²) in [6.07, 6.45) is 3.38. The summed E-state index contributed by atoms with van der Waals surface area (Å²) in [4.78, 5) is 15.5. The number of nitrogens with one attached hydrogen (secondary N) is 1. The van der Waals surface area contributed by atoms with Crippen molar-refractivity contribution in [3.05, 3.63) is 47.1 Å². The van der Waals surface area contributed by atoms with Crippen LogP contribution in [0.25, 0.3) is 0 Å². The van der Waals surface area contributed by atoms with Crippen LogP contribution in [0, 0.1) is 0 Å². The van der Waals surface area contributed by atoms with Crippen LogP contribution in [-0.2, 0) is 0 Å². The zero-order valence-electron chi connectivity index (χ0n) is 14.1. The molecule has 138 valence electrons. The van der Waals surface area contributed by atoms with Gasteiger partial charge in [-0.25, -0.2) is 0 Å². The van der Waals surface area contributed by atoms with E-state index in [1.54, 1.807) is 6.07 Å². The predicted octanol–water partition coefficient (Wildman–Crippen LogP) is 3.67. The van der Waals surface area contributed by atoms with Gasteiger partial charge in [-0.15, -0.1) is 22.6 Å². The topological polar surface area (TPSA) is 58.1 Å². The SMILES string of the molecule is Cl.O=C(c1ccc(Sc2ccccc2Cl)nn1)N1CCC2CCC(C1)N2. The molecule has 26 heavy (non-hydrogen) atoms. The van der Waals surface area contributed by atoms with Gasteiger partial charge in [0.15, 0.2) is 5.69 Å². The van der Waals surface area contributed by atoms with E-state index in [-0.39, 0.29) is 18.3 Å². The van der Waals surface area contributed by atoms with Crippen molar-refractivity contribution in [2.75, 3.05) is 13.1 Å². The number of likely N-dealkylation sites (tertiary alicyclic amines) is 1. The number of fused-ring (bicyclic) bond motifs is 2. The monoisotopic (exact) mass is 410 g/mol. The highest BCUT2D eigenvalue weighted by atomic mass is 35.5. The second-order valence-electron chi connectivity index (χ2n) is 6.47. The number of carbonyl (C=O) groups is 1. The third-order valence-electron chi connectivity index (χ3n) is 4.72. The van der Waals surface area contributed by atoms with Crippen LogP contribution in [0.15, 0.2) is 46.3 Å². The summed E-state index contributed by atoms with van der Waals surface area (Å²) >= 11 is 7.61. The van der Waals surface area contributed by atoms with Gasteiger partial charge >= 0.3 is 0 Å². The van der Waals surface area contributed by atoms with Crippen LogP contribution in [-0.4, -0.2) is 46.2 Å². The normalized spacial score (nSPS) is 21.8. The summed E-state index contributed by atoms with van der Waals surface area (Å²) in [5, 5.41) is 13.3. The molecule has 5 nitrogen and oxygen atoms in total. The molecule has 2 aromatic rings. The van der Waals surface area contributed by atoms with E-state index in [4.69, 9.17) is 11.6 Å². The summed E-state index contributed by atoms with van der Waals surface area (Å²) in [6.45, 7) is 1.54. The average Bonchev–Trinajstić information content (AvgIpc) is 2.96. The molecule has 0 saturated carbocycles. The number of carbonyl (C=O) groups excluding carboxylic acids is 1. The van der Waals surface area contributed by atoms with E-state index < -0.39 is 0 Å². The van der Waals surface area contributed by atoms with Gasteiger partial charge < -0.3 is 10.2 Å². The van der Waals surface area contributed by atoms with Crippen molar-refractivity contribution in [1.29, 1.82) is 0 Å². The number of hydrogen-bond donors (Lipinski definition) is 1. The smallest absolute Gasteiger partial charge is 0.274 e. The summed E-state index contributed by atoms with van der Waals surface area (Å²) in [7, 11) is 0. The fourth-order valence-electron chi connectivity index (χ4n) is 3.42. The standard InChI is InChI=1S/C18H19ClN4OS.ClH/c19-14-3-1-2-4-16(14)25-17-8-7-15(21-22-17)18(24)23-10-9-12-5-6-13(11-23)20-12;/h1-4,7-8,12-13,20H,5-6,9-11H2;1H. The highest BCUT2D eigenvalue weighted by molar-refractivity contribution is 7.99. The lowest BCUT2D eigenvalue weighted by Gasteiger charge is -2.23. The molecule has 0 aliphatic carbocycles. The molecule has 3 heterocycles. The van der Waals surface area contributed by atoms with Gasteiger partial charge in [0.05, 0.1) is 5.02 Å². The Kier molecular flexibility index (Phi) is 6.40. The molecule has 2 unspecified atom stereocenters. The minimum atomic E-state index is -0.0313. The molecular formula is C18H20Cl2N4OS. The molecule has 2 aliphatic heterocycles. The Morgan fingerprint density at radius 1 is 1.12 bits per heavy atom. The number of halogens is 2. The van der Waals surface area contributed by atoms with Crippen molar-refractivity contribution < 1.29 is 4.79 Å².